The normalized spacial score (nSPS) is 19.5. The fraction of sp³-hybridized carbons (Fsp3) is 0.500. The topological polar surface area (TPSA) is 66.6 Å². The number of nitrogen functional groups attached to an aromatic ring is 1. The molecule has 0 radical (unpaired) electrons. The molecule has 1 aromatic carbocycles. The number of aliphatic hydroxyl groups excluding tert-OH is 1. The number of piperidine rings is 1. The molecule has 1 aliphatic rings. The summed E-state index contributed by atoms with van der Waals surface area (Å²) in [6.45, 7) is 2.58. The maximum absolute atomic E-state index is 12.6. The molecule has 0 saturated carbocycles. The molecule has 0 aromatic heterocycles. The lowest BCUT2D eigenvalue weighted by Crippen LogP contribution is -2.45. The molecule has 1 saturated heterocycles. The molecule has 3 N–H and O–H groups in total. The number of likely N-dealkylation sites (tertiary alicyclic amines) is 1. The molecule has 1 unspecified atom stereocenters. The molecule has 0 bridgehead atoms. The van der Waals surface area contributed by atoms with Gasteiger partial charge >= 0.3 is 0 Å². The fourth-order valence-electron chi connectivity index (χ4n) is 2.53. The van der Waals surface area contributed by atoms with Gasteiger partial charge in [0.2, 0.25) is 0 Å². The Labute approximate surface area is 121 Å². The summed E-state index contributed by atoms with van der Waals surface area (Å²) in [5.41, 5.74) is 7.93. The summed E-state index contributed by atoms with van der Waals surface area (Å²) in [7, 11) is 0. The molecule has 0 aliphatic carbocycles. The predicted octanol–water partition coefficient (Wildman–Crippen LogP) is 2.33. The number of nitrogens with zero attached hydrogens (tertiary/aromatic N) is 1. The minimum Gasteiger partial charge on any atom is -0.398 e. The summed E-state index contributed by atoms with van der Waals surface area (Å²) in [6, 6.07) is 3.53. The molecule has 1 aromatic rings. The maximum Gasteiger partial charge on any atom is 0.254 e. The van der Waals surface area contributed by atoms with Crippen LogP contribution in [0.1, 0.15) is 35.2 Å². The van der Waals surface area contributed by atoms with E-state index in [4.69, 9.17) is 5.73 Å². The van der Waals surface area contributed by atoms with Gasteiger partial charge in [-0.1, -0.05) is 15.9 Å². The Kier molecular flexibility index (Phi) is 4.47. The highest BCUT2D eigenvalue weighted by molar-refractivity contribution is 9.10. The first kappa shape index (κ1) is 14.3. The summed E-state index contributed by atoms with van der Waals surface area (Å²) in [6.07, 6.45) is 2.92. The second-order valence-electron chi connectivity index (χ2n) is 5.00. The van der Waals surface area contributed by atoms with Crippen molar-refractivity contribution < 1.29 is 9.90 Å². The molecule has 4 nitrogen and oxygen atoms in total. The van der Waals surface area contributed by atoms with Gasteiger partial charge in [-0.25, -0.2) is 0 Å². The van der Waals surface area contributed by atoms with E-state index in [1.807, 2.05) is 6.92 Å². The van der Waals surface area contributed by atoms with Crippen molar-refractivity contribution in [2.24, 2.45) is 0 Å². The van der Waals surface area contributed by atoms with Crippen LogP contribution in [0.25, 0.3) is 0 Å². The van der Waals surface area contributed by atoms with Crippen molar-refractivity contribution in [2.45, 2.75) is 32.2 Å². The van der Waals surface area contributed by atoms with Crippen molar-refractivity contribution in [3.63, 3.8) is 0 Å². The summed E-state index contributed by atoms with van der Waals surface area (Å²) in [5, 5.41) is 9.41. The summed E-state index contributed by atoms with van der Waals surface area (Å²) in [5.74, 6) is -0.0377. The van der Waals surface area contributed by atoms with Crippen molar-refractivity contribution in [3.8, 4) is 0 Å². The van der Waals surface area contributed by atoms with Crippen molar-refractivity contribution in [1.29, 1.82) is 0 Å². The fourth-order valence-corrected chi connectivity index (χ4v) is 3.01. The van der Waals surface area contributed by atoms with Gasteiger partial charge in [0.15, 0.2) is 0 Å². The molecule has 2 rings (SSSR count). The lowest BCUT2D eigenvalue weighted by atomic mass is 9.99. The third-order valence-electron chi connectivity index (χ3n) is 3.74. The number of anilines is 1. The number of aliphatic hydroxyl groups is 1. The van der Waals surface area contributed by atoms with Gasteiger partial charge in [0.1, 0.15) is 0 Å². The lowest BCUT2D eigenvalue weighted by Gasteiger charge is -2.35. The minimum absolute atomic E-state index is 0.0221. The van der Waals surface area contributed by atoms with E-state index in [1.165, 1.54) is 0 Å². The molecule has 5 heteroatoms. The number of nitrogens with two attached hydrogens (primary N) is 1. The Bertz CT molecular complexity index is 491. The molecule has 19 heavy (non-hydrogen) atoms. The number of carbonyl (C=O) groups excluding carboxylic acids is 1. The van der Waals surface area contributed by atoms with Crippen LogP contribution in [-0.4, -0.2) is 35.1 Å². The van der Waals surface area contributed by atoms with Gasteiger partial charge in [-0.15, -0.1) is 0 Å². The van der Waals surface area contributed by atoms with E-state index >= 15 is 0 Å². The Morgan fingerprint density at radius 3 is 2.95 bits per heavy atom. The Balaban J connectivity index is 2.33. The van der Waals surface area contributed by atoms with Crippen LogP contribution in [-0.2, 0) is 0 Å². The van der Waals surface area contributed by atoms with Crippen LogP contribution >= 0.6 is 15.9 Å². The number of amides is 1. The van der Waals surface area contributed by atoms with Crippen LogP contribution < -0.4 is 5.73 Å². The second-order valence-corrected chi connectivity index (χ2v) is 5.91. The number of hydrogen-bond acceptors (Lipinski definition) is 3. The van der Waals surface area contributed by atoms with Crippen LogP contribution in [0.2, 0.25) is 0 Å². The van der Waals surface area contributed by atoms with E-state index < -0.39 is 0 Å². The van der Waals surface area contributed by atoms with Gasteiger partial charge in [0.25, 0.3) is 5.91 Å². The van der Waals surface area contributed by atoms with Crippen LogP contribution in [0, 0.1) is 6.92 Å². The average Bonchev–Trinajstić information content (AvgIpc) is 2.42. The Morgan fingerprint density at radius 1 is 1.53 bits per heavy atom. The largest absolute Gasteiger partial charge is 0.398 e. The molecule has 104 valence electrons. The molecule has 1 heterocycles. The van der Waals surface area contributed by atoms with Crippen molar-refractivity contribution in [2.75, 3.05) is 18.9 Å². The second kappa shape index (κ2) is 5.92. The van der Waals surface area contributed by atoms with Crippen molar-refractivity contribution >= 4 is 27.5 Å². The Morgan fingerprint density at radius 2 is 2.26 bits per heavy atom. The number of benzene rings is 1. The smallest absolute Gasteiger partial charge is 0.254 e. The van der Waals surface area contributed by atoms with E-state index in [0.717, 1.165) is 29.3 Å². The zero-order chi connectivity index (χ0) is 14.0. The van der Waals surface area contributed by atoms with Crippen LogP contribution in [0.4, 0.5) is 5.69 Å². The molecule has 1 aliphatic heterocycles. The number of halogens is 1. The van der Waals surface area contributed by atoms with E-state index in [0.29, 0.717) is 17.8 Å². The number of carbonyl (C=O) groups is 1. The van der Waals surface area contributed by atoms with Gasteiger partial charge in [-0.05, 0) is 43.9 Å². The van der Waals surface area contributed by atoms with Gasteiger partial charge in [-0.3, -0.25) is 4.79 Å². The monoisotopic (exact) mass is 326 g/mol. The summed E-state index contributed by atoms with van der Waals surface area (Å²) >= 11 is 3.37. The summed E-state index contributed by atoms with van der Waals surface area (Å²) in [4.78, 5) is 14.4. The molecular formula is C14H19BrN2O2. The first-order chi connectivity index (χ1) is 9.04. The van der Waals surface area contributed by atoms with E-state index in [2.05, 4.69) is 15.9 Å². The standard InChI is InChI=1S/C14H19BrN2O2/c1-9-12(6-10(15)7-13(9)16)14(19)17-5-3-2-4-11(17)8-18/h6-7,11,18H,2-5,8,16H2,1H3. The zero-order valence-corrected chi connectivity index (χ0v) is 12.6. The van der Waals surface area contributed by atoms with Crippen molar-refractivity contribution in [1.82, 2.24) is 4.90 Å². The first-order valence-corrected chi connectivity index (χ1v) is 7.31. The summed E-state index contributed by atoms with van der Waals surface area (Å²) < 4.78 is 0.802. The number of hydrogen-bond donors (Lipinski definition) is 2. The van der Waals surface area contributed by atoms with Crippen LogP contribution in [0.5, 0.6) is 0 Å². The van der Waals surface area contributed by atoms with Crippen LogP contribution in [0.3, 0.4) is 0 Å². The maximum atomic E-state index is 12.6. The zero-order valence-electron chi connectivity index (χ0n) is 11.0. The van der Waals surface area contributed by atoms with Crippen LogP contribution in [0.15, 0.2) is 16.6 Å². The predicted molar refractivity (Wildman–Crippen MR) is 79.1 cm³/mol. The highest BCUT2D eigenvalue weighted by Crippen LogP contribution is 2.26. The molecule has 1 fully saturated rings. The van der Waals surface area contributed by atoms with Gasteiger partial charge < -0.3 is 15.7 Å². The minimum atomic E-state index is -0.0687. The molecular weight excluding hydrogens is 308 g/mol. The third-order valence-corrected chi connectivity index (χ3v) is 4.20. The first-order valence-electron chi connectivity index (χ1n) is 6.52. The van der Waals surface area contributed by atoms with E-state index in [-0.39, 0.29) is 18.6 Å². The highest BCUT2D eigenvalue weighted by Gasteiger charge is 2.28. The van der Waals surface area contributed by atoms with E-state index in [9.17, 15) is 9.90 Å². The van der Waals surface area contributed by atoms with E-state index in [1.54, 1.807) is 17.0 Å². The lowest BCUT2D eigenvalue weighted by molar-refractivity contribution is 0.0502. The molecule has 0 spiro atoms. The van der Waals surface area contributed by atoms with Gasteiger partial charge in [0.05, 0.1) is 12.6 Å². The highest BCUT2D eigenvalue weighted by atomic mass is 79.9. The Hall–Kier alpha value is -1.07. The molecule has 1 amide bonds. The van der Waals surface area contributed by atoms with Gasteiger partial charge in [0, 0.05) is 22.3 Å². The average molecular weight is 327 g/mol. The molecule has 1 atom stereocenters. The number of rotatable bonds is 2. The van der Waals surface area contributed by atoms with Gasteiger partial charge in [-0.2, -0.15) is 0 Å². The quantitative estimate of drug-likeness (QED) is 0.820. The van der Waals surface area contributed by atoms with Crippen molar-refractivity contribution in [3.05, 3.63) is 27.7 Å². The third kappa shape index (κ3) is 2.92. The SMILES string of the molecule is Cc1c(N)cc(Br)cc1C(=O)N1CCCCC1CO.